The molecule has 0 N–H and O–H groups in total. The van der Waals surface area contributed by atoms with E-state index in [0.29, 0.717) is 5.56 Å². The van der Waals surface area contributed by atoms with Crippen molar-refractivity contribution in [3.8, 4) is 10.6 Å². The number of rotatable bonds is 1. The Morgan fingerprint density at radius 3 is 2.86 bits per heavy atom. The maximum atomic E-state index is 13.4. The second kappa shape index (κ2) is 3.79. The van der Waals surface area contributed by atoms with E-state index in [1.807, 2.05) is 12.3 Å². The van der Waals surface area contributed by atoms with Crippen LogP contribution in [0.25, 0.3) is 10.6 Å². The highest BCUT2D eigenvalue weighted by atomic mass is 79.9. The Bertz CT molecular complexity index is 467. The summed E-state index contributed by atoms with van der Waals surface area (Å²) in [5.74, 6) is -0.234. The molecule has 0 amide bonds. The second-order valence-electron chi connectivity index (χ2n) is 2.92. The summed E-state index contributed by atoms with van der Waals surface area (Å²) in [5.41, 5.74) is 1.47. The van der Waals surface area contributed by atoms with Gasteiger partial charge in [-0.3, -0.25) is 0 Å². The van der Waals surface area contributed by atoms with Gasteiger partial charge in [0.2, 0.25) is 0 Å². The molecular weight excluding hydrogens is 265 g/mol. The number of aryl methyl sites for hydroxylation is 1. The molecule has 2 rings (SSSR count). The van der Waals surface area contributed by atoms with Crippen molar-refractivity contribution >= 4 is 27.3 Å². The normalized spacial score (nSPS) is 10.5. The summed E-state index contributed by atoms with van der Waals surface area (Å²) in [6.45, 7) is 1.90. The van der Waals surface area contributed by atoms with E-state index >= 15 is 0 Å². The maximum absolute atomic E-state index is 13.4. The quantitative estimate of drug-likeness (QED) is 0.764. The van der Waals surface area contributed by atoms with Crippen LogP contribution in [0.15, 0.2) is 28.1 Å². The van der Waals surface area contributed by atoms with E-state index < -0.39 is 0 Å². The third kappa shape index (κ3) is 1.86. The van der Waals surface area contributed by atoms with Crippen molar-refractivity contribution in [1.29, 1.82) is 0 Å². The molecule has 1 nitrogen and oxygen atoms in total. The van der Waals surface area contributed by atoms with Gasteiger partial charge in [-0.05, 0) is 25.1 Å². The van der Waals surface area contributed by atoms with Crippen LogP contribution in [0.3, 0.4) is 0 Å². The molecule has 2 aromatic rings. The van der Waals surface area contributed by atoms with Gasteiger partial charge in [-0.25, -0.2) is 9.37 Å². The van der Waals surface area contributed by atoms with Crippen LogP contribution in [-0.2, 0) is 0 Å². The highest BCUT2D eigenvalue weighted by Gasteiger charge is 2.08. The van der Waals surface area contributed by atoms with Gasteiger partial charge in [0.25, 0.3) is 0 Å². The van der Waals surface area contributed by atoms with E-state index in [1.165, 1.54) is 17.4 Å². The fourth-order valence-corrected chi connectivity index (χ4v) is 2.32. The van der Waals surface area contributed by atoms with Crippen molar-refractivity contribution in [3.63, 3.8) is 0 Å². The van der Waals surface area contributed by atoms with Crippen LogP contribution >= 0.6 is 27.3 Å². The Morgan fingerprint density at radius 2 is 2.21 bits per heavy atom. The van der Waals surface area contributed by atoms with Crippen LogP contribution in [0.5, 0.6) is 0 Å². The van der Waals surface area contributed by atoms with E-state index in [2.05, 4.69) is 20.9 Å². The molecule has 0 aliphatic rings. The van der Waals surface area contributed by atoms with E-state index in [9.17, 15) is 4.39 Å². The van der Waals surface area contributed by atoms with E-state index in [1.54, 1.807) is 12.1 Å². The van der Waals surface area contributed by atoms with Crippen molar-refractivity contribution in [1.82, 2.24) is 4.98 Å². The van der Waals surface area contributed by atoms with Gasteiger partial charge >= 0.3 is 0 Å². The van der Waals surface area contributed by atoms with Crippen molar-refractivity contribution in [2.24, 2.45) is 0 Å². The van der Waals surface area contributed by atoms with Crippen LogP contribution in [0, 0.1) is 12.7 Å². The summed E-state index contributed by atoms with van der Waals surface area (Å²) in [5, 5.41) is 2.64. The van der Waals surface area contributed by atoms with Gasteiger partial charge in [0.05, 0.1) is 0 Å². The average Bonchev–Trinajstić information content (AvgIpc) is 2.56. The molecule has 0 fully saturated rings. The van der Waals surface area contributed by atoms with E-state index in [-0.39, 0.29) is 5.82 Å². The summed E-state index contributed by atoms with van der Waals surface area (Å²) >= 11 is 4.76. The molecule has 0 bridgehead atoms. The van der Waals surface area contributed by atoms with Crippen molar-refractivity contribution in [3.05, 3.63) is 39.6 Å². The van der Waals surface area contributed by atoms with Crippen LogP contribution in [0.1, 0.15) is 5.69 Å². The molecule has 0 saturated heterocycles. The standard InChI is InChI=1S/C10H7BrFNS/c1-6-5-14-10(13-6)8-4-7(11)2-3-9(8)12/h2-5H,1H3. The molecule has 0 spiro atoms. The Labute approximate surface area is 93.7 Å². The Hall–Kier alpha value is -0.740. The maximum Gasteiger partial charge on any atom is 0.133 e. The SMILES string of the molecule is Cc1csc(-c2cc(Br)ccc2F)n1. The first-order chi connectivity index (χ1) is 6.66. The van der Waals surface area contributed by atoms with Gasteiger partial charge in [0.1, 0.15) is 10.8 Å². The molecular formula is C10H7BrFNS. The predicted octanol–water partition coefficient (Wildman–Crippen LogP) is 4.02. The monoisotopic (exact) mass is 271 g/mol. The minimum Gasteiger partial charge on any atom is -0.241 e. The molecule has 1 aromatic carbocycles. The molecule has 0 atom stereocenters. The topological polar surface area (TPSA) is 12.9 Å². The number of hydrogen-bond acceptors (Lipinski definition) is 2. The van der Waals surface area contributed by atoms with Crippen LogP contribution in [0.2, 0.25) is 0 Å². The van der Waals surface area contributed by atoms with Gasteiger partial charge in [0.15, 0.2) is 0 Å². The lowest BCUT2D eigenvalue weighted by Crippen LogP contribution is -1.83. The molecule has 4 heteroatoms. The summed E-state index contributed by atoms with van der Waals surface area (Å²) in [4.78, 5) is 4.24. The number of thiazole rings is 1. The molecule has 14 heavy (non-hydrogen) atoms. The van der Waals surface area contributed by atoms with Gasteiger partial charge in [-0.15, -0.1) is 11.3 Å². The lowest BCUT2D eigenvalue weighted by molar-refractivity contribution is 0.631. The lowest BCUT2D eigenvalue weighted by Gasteiger charge is -1.99. The average molecular weight is 272 g/mol. The minimum absolute atomic E-state index is 0.234. The highest BCUT2D eigenvalue weighted by molar-refractivity contribution is 9.10. The van der Waals surface area contributed by atoms with Gasteiger partial charge in [0, 0.05) is 21.1 Å². The molecule has 0 radical (unpaired) electrons. The molecule has 1 aromatic heterocycles. The molecule has 0 aliphatic heterocycles. The zero-order valence-electron chi connectivity index (χ0n) is 7.42. The number of hydrogen-bond donors (Lipinski definition) is 0. The largest absolute Gasteiger partial charge is 0.241 e. The molecule has 0 saturated carbocycles. The van der Waals surface area contributed by atoms with Gasteiger partial charge < -0.3 is 0 Å². The van der Waals surface area contributed by atoms with Crippen LogP contribution in [-0.4, -0.2) is 4.98 Å². The van der Waals surface area contributed by atoms with Crippen molar-refractivity contribution in [2.75, 3.05) is 0 Å². The smallest absolute Gasteiger partial charge is 0.133 e. The number of halogens is 2. The first kappa shape index (κ1) is 9.80. The fourth-order valence-electron chi connectivity index (χ4n) is 1.14. The van der Waals surface area contributed by atoms with Crippen molar-refractivity contribution in [2.45, 2.75) is 6.92 Å². The van der Waals surface area contributed by atoms with Gasteiger partial charge in [-0.2, -0.15) is 0 Å². The van der Waals surface area contributed by atoms with E-state index in [0.717, 1.165) is 15.2 Å². The van der Waals surface area contributed by atoms with Gasteiger partial charge in [-0.1, -0.05) is 15.9 Å². The molecule has 1 heterocycles. The summed E-state index contributed by atoms with van der Waals surface area (Å²) in [7, 11) is 0. The number of aromatic nitrogens is 1. The zero-order chi connectivity index (χ0) is 10.1. The zero-order valence-corrected chi connectivity index (χ0v) is 9.82. The number of nitrogens with zero attached hydrogens (tertiary/aromatic N) is 1. The molecule has 0 unspecified atom stereocenters. The first-order valence-electron chi connectivity index (χ1n) is 4.04. The highest BCUT2D eigenvalue weighted by Crippen LogP contribution is 2.28. The van der Waals surface area contributed by atoms with Crippen LogP contribution in [0.4, 0.5) is 4.39 Å². The fraction of sp³-hybridized carbons (Fsp3) is 0.100. The predicted molar refractivity (Wildman–Crippen MR) is 59.9 cm³/mol. The Kier molecular flexibility index (Phi) is 2.65. The van der Waals surface area contributed by atoms with Crippen molar-refractivity contribution < 1.29 is 4.39 Å². The van der Waals surface area contributed by atoms with E-state index in [4.69, 9.17) is 0 Å². The first-order valence-corrected chi connectivity index (χ1v) is 5.71. The molecule has 0 aliphatic carbocycles. The van der Waals surface area contributed by atoms with Crippen LogP contribution < -0.4 is 0 Å². The Morgan fingerprint density at radius 1 is 1.43 bits per heavy atom. The summed E-state index contributed by atoms with van der Waals surface area (Å²) in [6, 6.07) is 4.86. The number of benzene rings is 1. The summed E-state index contributed by atoms with van der Waals surface area (Å²) < 4.78 is 14.3. The Balaban J connectivity index is 2.55. The lowest BCUT2D eigenvalue weighted by atomic mass is 10.2. The second-order valence-corrected chi connectivity index (χ2v) is 4.69. The summed E-state index contributed by atoms with van der Waals surface area (Å²) in [6.07, 6.45) is 0. The third-order valence-electron chi connectivity index (χ3n) is 1.78. The minimum atomic E-state index is -0.234. The third-order valence-corrected chi connectivity index (χ3v) is 3.26. The molecule has 72 valence electrons.